The first-order valence-corrected chi connectivity index (χ1v) is 10.9. The van der Waals surface area contributed by atoms with Crippen molar-refractivity contribution in [3.8, 4) is 0 Å². The highest BCUT2D eigenvalue weighted by Crippen LogP contribution is 2.25. The van der Waals surface area contributed by atoms with Gasteiger partial charge in [-0.15, -0.1) is 0 Å². The van der Waals surface area contributed by atoms with Gasteiger partial charge in [0.1, 0.15) is 5.60 Å². The second kappa shape index (κ2) is 9.86. The van der Waals surface area contributed by atoms with Crippen molar-refractivity contribution in [2.24, 2.45) is 0 Å². The standard InChI is InChI=1S/C25H33N3O3/c1-25(2,3)31-24(30)26-21-13-11-19(12-14-21)17-23(29)27(4)18-20-9-5-6-10-22(20)28-15-7-8-16-28/h5-6,9-14H,7-8,15-18H2,1-4H3,(H,26,30). The van der Waals surface area contributed by atoms with Gasteiger partial charge in [0.2, 0.25) is 5.91 Å². The van der Waals surface area contributed by atoms with E-state index < -0.39 is 11.7 Å². The lowest BCUT2D eigenvalue weighted by Crippen LogP contribution is -2.29. The molecule has 2 amide bonds. The van der Waals surface area contributed by atoms with Crippen LogP contribution in [0.1, 0.15) is 44.7 Å². The molecule has 2 aromatic carbocycles. The molecule has 1 heterocycles. The molecule has 0 bridgehead atoms. The van der Waals surface area contributed by atoms with Gasteiger partial charge in [0, 0.05) is 38.1 Å². The van der Waals surface area contributed by atoms with Crippen LogP contribution < -0.4 is 10.2 Å². The van der Waals surface area contributed by atoms with Gasteiger partial charge in [0.05, 0.1) is 6.42 Å². The largest absolute Gasteiger partial charge is 0.444 e. The summed E-state index contributed by atoms with van der Waals surface area (Å²) in [5.74, 6) is 0.0593. The summed E-state index contributed by atoms with van der Waals surface area (Å²) in [6.45, 7) is 8.21. The SMILES string of the molecule is CN(Cc1ccccc1N1CCCC1)C(=O)Cc1ccc(NC(=O)OC(C)(C)C)cc1. The van der Waals surface area contributed by atoms with Crippen LogP contribution in [0.5, 0.6) is 0 Å². The molecule has 0 unspecified atom stereocenters. The van der Waals surface area contributed by atoms with Gasteiger partial charge in [-0.25, -0.2) is 4.79 Å². The quantitative estimate of drug-likeness (QED) is 0.723. The van der Waals surface area contributed by atoms with Crippen LogP contribution in [0.2, 0.25) is 0 Å². The Morgan fingerprint density at radius 1 is 1.03 bits per heavy atom. The van der Waals surface area contributed by atoms with Crippen molar-refractivity contribution in [3.05, 3.63) is 59.7 Å². The van der Waals surface area contributed by atoms with Gasteiger partial charge >= 0.3 is 6.09 Å². The first-order valence-electron chi connectivity index (χ1n) is 10.9. The maximum absolute atomic E-state index is 12.8. The van der Waals surface area contributed by atoms with Gasteiger partial charge in [0.25, 0.3) is 0 Å². The van der Waals surface area contributed by atoms with Crippen molar-refractivity contribution < 1.29 is 14.3 Å². The van der Waals surface area contributed by atoms with Crippen LogP contribution in [0.3, 0.4) is 0 Å². The minimum Gasteiger partial charge on any atom is -0.444 e. The number of likely N-dealkylation sites (N-methyl/N-ethyl adjacent to an activating group) is 1. The lowest BCUT2D eigenvalue weighted by Gasteiger charge is -2.24. The third-order valence-electron chi connectivity index (χ3n) is 5.23. The molecule has 0 aromatic heterocycles. The molecular weight excluding hydrogens is 390 g/mol. The number of anilines is 2. The molecule has 166 valence electrons. The fourth-order valence-corrected chi connectivity index (χ4v) is 3.69. The van der Waals surface area contributed by atoms with Crippen molar-refractivity contribution >= 4 is 23.4 Å². The van der Waals surface area contributed by atoms with E-state index in [1.54, 1.807) is 17.0 Å². The average Bonchev–Trinajstić information content (AvgIpc) is 3.23. The van der Waals surface area contributed by atoms with Crippen LogP contribution in [-0.2, 0) is 22.5 Å². The Labute approximate surface area is 185 Å². The Balaban J connectivity index is 1.56. The maximum Gasteiger partial charge on any atom is 0.412 e. The van der Waals surface area contributed by atoms with Crippen LogP contribution in [0.15, 0.2) is 48.5 Å². The molecule has 31 heavy (non-hydrogen) atoms. The molecule has 6 nitrogen and oxygen atoms in total. The smallest absolute Gasteiger partial charge is 0.412 e. The Hall–Kier alpha value is -3.02. The summed E-state index contributed by atoms with van der Waals surface area (Å²) in [6, 6.07) is 15.6. The number of nitrogens with zero attached hydrogens (tertiary/aromatic N) is 2. The molecule has 1 fully saturated rings. The molecule has 0 radical (unpaired) electrons. The van der Waals surface area contributed by atoms with Gasteiger partial charge in [0.15, 0.2) is 0 Å². The Kier molecular flexibility index (Phi) is 7.21. The van der Waals surface area contributed by atoms with Crippen LogP contribution in [0.25, 0.3) is 0 Å². The first-order chi connectivity index (χ1) is 14.7. The number of hydrogen-bond acceptors (Lipinski definition) is 4. The average molecular weight is 424 g/mol. The highest BCUT2D eigenvalue weighted by atomic mass is 16.6. The predicted molar refractivity (Wildman–Crippen MR) is 124 cm³/mol. The number of ether oxygens (including phenoxy) is 1. The topological polar surface area (TPSA) is 61.9 Å². The number of hydrogen-bond donors (Lipinski definition) is 1. The van der Waals surface area contributed by atoms with E-state index in [0.717, 1.165) is 18.7 Å². The van der Waals surface area contributed by atoms with E-state index in [0.29, 0.717) is 18.7 Å². The van der Waals surface area contributed by atoms with Crippen molar-refractivity contribution in [1.29, 1.82) is 0 Å². The van der Waals surface area contributed by atoms with Crippen LogP contribution in [0, 0.1) is 0 Å². The maximum atomic E-state index is 12.8. The summed E-state index contributed by atoms with van der Waals surface area (Å²) in [5, 5.41) is 2.71. The van der Waals surface area contributed by atoms with Gasteiger partial charge in [-0.1, -0.05) is 30.3 Å². The Morgan fingerprint density at radius 3 is 2.32 bits per heavy atom. The van der Waals surface area contributed by atoms with E-state index in [2.05, 4.69) is 28.4 Å². The number of rotatable bonds is 6. The molecule has 0 saturated carbocycles. The predicted octanol–water partition coefficient (Wildman–Crippen LogP) is 4.83. The van der Waals surface area contributed by atoms with Gasteiger partial charge in [-0.2, -0.15) is 0 Å². The molecule has 1 aliphatic heterocycles. The minimum atomic E-state index is -0.547. The van der Waals surface area contributed by atoms with Crippen molar-refractivity contribution in [1.82, 2.24) is 4.90 Å². The fraction of sp³-hybridized carbons (Fsp3) is 0.440. The Bertz CT molecular complexity index is 897. The molecule has 2 aromatic rings. The third-order valence-corrected chi connectivity index (χ3v) is 5.23. The summed E-state index contributed by atoms with van der Waals surface area (Å²) in [7, 11) is 1.85. The molecule has 6 heteroatoms. The van der Waals surface area contributed by atoms with Crippen molar-refractivity contribution in [2.75, 3.05) is 30.4 Å². The van der Waals surface area contributed by atoms with E-state index in [4.69, 9.17) is 4.74 Å². The summed E-state index contributed by atoms with van der Waals surface area (Å²) in [6.07, 6.45) is 2.27. The van der Waals surface area contributed by atoms with Crippen LogP contribution in [0.4, 0.5) is 16.2 Å². The molecule has 1 aliphatic rings. The minimum absolute atomic E-state index is 0.0593. The Morgan fingerprint density at radius 2 is 1.68 bits per heavy atom. The highest BCUT2D eigenvalue weighted by molar-refractivity contribution is 5.85. The van der Waals surface area contributed by atoms with Crippen molar-refractivity contribution in [3.63, 3.8) is 0 Å². The third kappa shape index (κ3) is 6.74. The first kappa shape index (κ1) is 22.7. The highest BCUT2D eigenvalue weighted by Gasteiger charge is 2.18. The normalized spacial score (nSPS) is 13.7. The number of nitrogens with one attached hydrogen (secondary N) is 1. The van der Waals surface area contributed by atoms with E-state index in [1.165, 1.54) is 24.1 Å². The number of benzene rings is 2. The summed E-state index contributed by atoms with van der Waals surface area (Å²) in [5.41, 5.74) is 3.40. The monoisotopic (exact) mass is 423 g/mol. The van der Waals surface area contributed by atoms with E-state index in [1.807, 2.05) is 46.0 Å². The van der Waals surface area contributed by atoms with Gasteiger partial charge in [-0.05, 0) is 62.9 Å². The van der Waals surface area contributed by atoms with E-state index in [9.17, 15) is 9.59 Å². The molecule has 0 atom stereocenters. The zero-order chi connectivity index (χ0) is 22.4. The molecule has 1 saturated heterocycles. The lowest BCUT2D eigenvalue weighted by molar-refractivity contribution is -0.129. The van der Waals surface area contributed by atoms with Crippen LogP contribution >= 0.6 is 0 Å². The summed E-state index contributed by atoms with van der Waals surface area (Å²) >= 11 is 0. The molecule has 0 spiro atoms. The zero-order valence-electron chi connectivity index (χ0n) is 19.0. The number of amides is 2. The number of carbonyl (C=O) groups excluding carboxylic acids is 2. The molecule has 0 aliphatic carbocycles. The second-order valence-electron chi connectivity index (χ2n) is 9.07. The molecule has 3 rings (SSSR count). The van der Waals surface area contributed by atoms with Crippen LogP contribution in [-0.4, -0.2) is 42.6 Å². The molecule has 1 N–H and O–H groups in total. The van der Waals surface area contributed by atoms with Gasteiger partial charge < -0.3 is 14.5 Å². The number of para-hydroxylation sites is 1. The van der Waals surface area contributed by atoms with E-state index in [-0.39, 0.29) is 5.91 Å². The zero-order valence-corrected chi connectivity index (χ0v) is 19.0. The van der Waals surface area contributed by atoms with Crippen molar-refractivity contribution in [2.45, 2.75) is 52.2 Å². The number of carbonyl (C=O) groups is 2. The fourth-order valence-electron chi connectivity index (χ4n) is 3.69. The lowest BCUT2D eigenvalue weighted by atomic mass is 10.1. The summed E-state index contributed by atoms with van der Waals surface area (Å²) in [4.78, 5) is 28.9. The van der Waals surface area contributed by atoms with E-state index >= 15 is 0 Å². The summed E-state index contributed by atoms with van der Waals surface area (Å²) < 4.78 is 5.26. The van der Waals surface area contributed by atoms with Gasteiger partial charge in [-0.3, -0.25) is 10.1 Å². The molecular formula is C25H33N3O3. The second-order valence-corrected chi connectivity index (χ2v) is 9.07.